The second kappa shape index (κ2) is 6.44. The Morgan fingerprint density at radius 3 is 2.70 bits per heavy atom. The summed E-state index contributed by atoms with van der Waals surface area (Å²) < 4.78 is 5.42. The zero-order valence-corrected chi connectivity index (χ0v) is 12.6. The van der Waals surface area contributed by atoms with Crippen molar-refractivity contribution in [1.29, 1.82) is 0 Å². The van der Waals surface area contributed by atoms with Gasteiger partial charge in [-0.2, -0.15) is 0 Å². The number of ether oxygens (including phenoxy) is 1. The zero-order valence-electron chi connectivity index (χ0n) is 12.6. The smallest absolute Gasteiger partial charge is 0.223 e. The average Bonchev–Trinajstić information content (AvgIpc) is 2.94. The fourth-order valence-electron chi connectivity index (χ4n) is 4.46. The molecule has 0 spiro atoms. The molecule has 2 aliphatic carbocycles. The molecule has 2 N–H and O–H groups in total. The van der Waals surface area contributed by atoms with Crippen LogP contribution >= 0.6 is 0 Å². The van der Waals surface area contributed by atoms with Crippen LogP contribution in [0.1, 0.15) is 44.9 Å². The van der Waals surface area contributed by atoms with E-state index >= 15 is 0 Å². The van der Waals surface area contributed by atoms with Gasteiger partial charge in [-0.15, -0.1) is 0 Å². The van der Waals surface area contributed by atoms with Crippen LogP contribution in [0.25, 0.3) is 0 Å². The van der Waals surface area contributed by atoms with Gasteiger partial charge in [-0.3, -0.25) is 4.79 Å². The summed E-state index contributed by atoms with van der Waals surface area (Å²) in [5, 5.41) is 6.51. The van der Waals surface area contributed by atoms with E-state index in [0.29, 0.717) is 0 Å². The Hall–Kier alpha value is -0.610. The lowest BCUT2D eigenvalue weighted by molar-refractivity contribution is -0.128. The SMILES string of the molecule is CO[C@H]1CNCC1NC(=O)C1CCC2CCCCC2C1. The lowest BCUT2D eigenvalue weighted by Gasteiger charge is -2.39. The van der Waals surface area contributed by atoms with E-state index < -0.39 is 0 Å². The lowest BCUT2D eigenvalue weighted by atomic mass is 9.67. The van der Waals surface area contributed by atoms with Crippen LogP contribution in [0.5, 0.6) is 0 Å². The minimum atomic E-state index is 0.130. The molecule has 4 nitrogen and oxygen atoms in total. The van der Waals surface area contributed by atoms with Crippen LogP contribution in [-0.2, 0) is 9.53 Å². The van der Waals surface area contributed by atoms with Crippen molar-refractivity contribution >= 4 is 5.91 Å². The van der Waals surface area contributed by atoms with Crippen molar-refractivity contribution in [2.75, 3.05) is 20.2 Å². The topological polar surface area (TPSA) is 50.4 Å². The highest BCUT2D eigenvalue weighted by Gasteiger charge is 2.36. The van der Waals surface area contributed by atoms with Gasteiger partial charge in [0.05, 0.1) is 12.1 Å². The predicted octanol–water partition coefficient (Wildman–Crippen LogP) is 1.70. The minimum absolute atomic E-state index is 0.130. The molecule has 1 aliphatic heterocycles. The molecule has 0 bridgehead atoms. The molecular weight excluding hydrogens is 252 g/mol. The van der Waals surface area contributed by atoms with Gasteiger partial charge >= 0.3 is 0 Å². The van der Waals surface area contributed by atoms with Crippen molar-refractivity contribution in [2.45, 2.75) is 57.1 Å². The molecule has 5 atom stereocenters. The summed E-state index contributed by atoms with van der Waals surface area (Å²) in [5.41, 5.74) is 0. The first kappa shape index (κ1) is 14.3. The quantitative estimate of drug-likeness (QED) is 0.827. The first-order valence-corrected chi connectivity index (χ1v) is 8.32. The number of carbonyl (C=O) groups is 1. The van der Waals surface area contributed by atoms with Gasteiger partial charge in [0.15, 0.2) is 0 Å². The molecule has 4 heteroatoms. The van der Waals surface area contributed by atoms with Crippen molar-refractivity contribution < 1.29 is 9.53 Å². The highest BCUT2D eigenvalue weighted by atomic mass is 16.5. The van der Waals surface area contributed by atoms with Crippen LogP contribution in [0.2, 0.25) is 0 Å². The van der Waals surface area contributed by atoms with Crippen LogP contribution in [0.15, 0.2) is 0 Å². The summed E-state index contributed by atoms with van der Waals surface area (Å²) in [6.45, 7) is 1.68. The Morgan fingerprint density at radius 2 is 1.90 bits per heavy atom. The Kier molecular flexibility index (Phi) is 4.61. The third-order valence-electron chi connectivity index (χ3n) is 5.70. The van der Waals surface area contributed by atoms with Crippen molar-refractivity contribution in [2.24, 2.45) is 17.8 Å². The number of methoxy groups -OCH3 is 1. The fourth-order valence-corrected chi connectivity index (χ4v) is 4.46. The standard InChI is InChI=1S/C16H28N2O2/c1-20-15-10-17-9-14(15)18-16(19)13-7-6-11-4-2-3-5-12(11)8-13/h11-15,17H,2-10H2,1H3,(H,18,19)/t11?,12?,13?,14?,15-/m0/s1. The van der Waals surface area contributed by atoms with Crippen molar-refractivity contribution in [3.63, 3.8) is 0 Å². The Bertz CT molecular complexity index is 347. The van der Waals surface area contributed by atoms with E-state index in [1.807, 2.05) is 0 Å². The van der Waals surface area contributed by atoms with Gasteiger partial charge in [-0.05, 0) is 31.1 Å². The third-order valence-corrected chi connectivity index (χ3v) is 5.70. The maximum Gasteiger partial charge on any atom is 0.223 e. The molecule has 20 heavy (non-hydrogen) atoms. The molecular formula is C16H28N2O2. The summed E-state index contributed by atoms with van der Waals surface area (Å²) in [6, 6.07) is 0.150. The summed E-state index contributed by atoms with van der Waals surface area (Å²) >= 11 is 0. The van der Waals surface area contributed by atoms with Crippen molar-refractivity contribution in [3.8, 4) is 0 Å². The Labute approximate surface area is 122 Å². The molecule has 114 valence electrons. The summed E-state index contributed by atoms with van der Waals surface area (Å²) in [7, 11) is 1.73. The first-order chi connectivity index (χ1) is 9.78. The number of hydrogen-bond donors (Lipinski definition) is 2. The largest absolute Gasteiger partial charge is 0.378 e. The molecule has 3 fully saturated rings. The van der Waals surface area contributed by atoms with Gasteiger partial charge in [0, 0.05) is 26.1 Å². The zero-order chi connectivity index (χ0) is 13.9. The number of rotatable bonds is 3. The molecule has 0 aromatic carbocycles. The molecule has 4 unspecified atom stereocenters. The van der Waals surface area contributed by atoms with Crippen molar-refractivity contribution in [3.05, 3.63) is 0 Å². The number of nitrogens with one attached hydrogen (secondary N) is 2. The second-order valence-electron chi connectivity index (χ2n) is 6.86. The van der Waals surface area contributed by atoms with Crippen LogP contribution in [0.3, 0.4) is 0 Å². The summed E-state index contributed by atoms with van der Waals surface area (Å²) in [6.07, 6.45) is 9.12. The maximum atomic E-state index is 12.5. The normalized spacial score (nSPS) is 41.1. The lowest BCUT2D eigenvalue weighted by Crippen LogP contribution is -2.47. The third kappa shape index (κ3) is 3.01. The molecule has 0 radical (unpaired) electrons. The minimum Gasteiger partial charge on any atom is -0.378 e. The Morgan fingerprint density at radius 1 is 1.10 bits per heavy atom. The van der Waals surface area contributed by atoms with Gasteiger partial charge in [0.2, 0.25) is 5.91 Å². The van der Waals surface area contributed by atoms with Crippen molar-refractivity contribution in [1.82, 2.24) is 10.6 Å². The van der Waals surface area contributed by atoms with Crippen LogP contribution < -0.4 is 10.6 Å². The predicted molar refractivity (Wildman–Crippen MR) is 78.4 cm³/mol. The molecule has 0 aromatic rings. The highest BCUT2D eigenvalue weighted by Crippen LogP contribution is 2.42. The van der Waals surface area contributed by atoms with E-state index in [4.69, 9.17) is 4.74 Å². The van der Waals surface area contributed by atoms with E-state index in [1.165, 1.54) is 32.1 Å². The van der Waals surface area contributed by atoms with Gasteiger partial charge in [0.1, 0.15) is 0 Å². The van der Waals surface area contributed by atoms with Crippen LogP contribution in [-0.4, -0.2) is 38.3 Å². The van der Waals surface area contributed by atoms with E-state index in [-0.39, 0.29) is 24.0 Å². The first-order valence-electron chi connectivity index (χ1n) is 8.32. The van der Waals surface area contributed by atoms with E-state index in [1.54, 1.807) is 7.11 Å². The molecule has 3 rings (SSSR count). The van der Waals surface area contributed by atoms with Gasteiger partial charge in [-0.25, -0.2) is 0 Å². The average molecular weight is 280 g/mol. The molecule has 1 saturated heterocycles. The summed E-state index contributed by atoms with van der Waals surface area (Å²) in [5.74, 6) is 2.23. The monoisotopic (exact) mass is 280 g/mol. The molecule has 3 aliphatic rings. The molecule has 2 saturated carbocycles. The number of fused-ring (bicyclic) bond motifs is 1. The van der Waals surface area contributed by atoms with Gasteiger partial charge in [0.25, 0.3) is 0 Å². The molecule has 1 amide bonds. The Balaban J connectivity index is 1.52. The van der Waals surface area contributed by atoms with E-state index in [0.717, 1.165) is 37.8 Å². The van der Waals surface area contributed by atoms with Gasteiger partial charge in [-0.1, -0.05) is 25.7 Å². The number of amides is 1. The fraction of sp³-hybridized carbons (Fsp3) is 0.938. The second-order valence-corrected chi connectivity index (χ2v) is 6.86. The van der Waals surface area contributed by atoms with Crippen LogP contribution in [0, 0.1) is 17.8 Å². The molecule has 0 aromatic heterocycles. The number of carbonyl (C=O) groups excluding carboxylic acids is 1. The van der Waals surface area contributed by atoms with E-state index in [9.17, 15) is 4.79 Å². The number of hydrogen-bond acceptors (Lipinski definition) is 3. The van der Waals surface area contributed by atoms with Gasteiger partial charge < -0.3 is 15.4 Å². The molecule has 1 heterocycles. The maximum absolute atomic E-state index is 12.5. The van der Waals surface area contributed by atoms with E-state index in [2.05, 4.69) is 10.6 Å². The van der Waals surface area contributed by atoms with Crippen LogP contribution in [0.4, 0.5) is 0 Å². The highest BCUT2D eigenvalue weighted by molar-refractivity contribution is 5.79. The summed E-state index contributed by atoms with van der Waals surface area (Å²) in [4.78, 5) is 12.5.